The molecular formula is C19H25N3O3S. The zero-order chi connectivity index (χ0) is 18.3. The summed E-state index contributed by atoms with van der Waals surface area (Å²) in [5, 5.41) is 0. The van der Waals surface area contributed by atoms with Crippen molar-refractivity contribution in [1.82, 2.24) is 9.80 Å². The molecular weight excluding hydrogens is 350 g/mol. The molecule has 26 heavy (non-hydrogen) atoms. The fraction of sp³-hybridized carbons (Fsp3) is 0.526. The van der Waals surface area contributed by atoms with Gasteiger partial charge in [-0.1, -0.05) is 24.6 Å². The first kappa shape index (κ1) is 17.5. The van der Waals surface area contributed by atoms with Crippen LogP contribution in [0.1, 0.15) is 30.7 Å². The summed E-state index contributed by atoms with van der Waals surface area (Å²) in [6.45, 7) is 3.55. The SMILES string of the molecule is CS(=O)(=O)Nc1cccc(C2C=C2C(=O)N2CCN(C3CCC3)CC2)c1. The summed E-state index contributed by atoms with van der Waals surface area (Å²) < 4.78 is 25.3. The molecule has 1 amide bonds. The number of sulfonamides is 1. The molecule has 6 nitrogen and oxygen atoms in total. The van der Waals surface area contributed by atoms with Crippen molar-refractivity contribution in [2.45, 2.75) is 31.2 Å². The first-order chi connectivity index (χ1) is 12.4. The third-order valence-corrected chi connectivity index (χ3v) is 6.17. The van der Waals surface area contributed by atoms with Crippen LogP contribution in [0.5, 0.6) is 0 Å². The molecule has 0 radical (unpaired) electrons. The molecule has 1 aromatic carbocycles. The number of rotatable bonds is 5. The molecule has 7 heteroatoms. The molecule has 0 spiro atoms. The van der Waals surface area contributed by atoms with E-state index in [4.69, 9.17) is 0 Å². The van der Waals surface area contributed by atoms with E-state index in [1.54, 1.807) is 12.1 Å². The van der Waals surface area contributed by atoms with Gasteiger partial charge in [0.1, 0.15) is 0 Å². The molecule has 2 aliphatic carbocycles. The average Bonchev–Trinajstić information content (AvgIpc) is 3.32. The van der Waals surface area contributed by atoms with Crippen LogP contribution in [0, 0.1) is 0 Å². The normalized spacial score (nSPS) is 24.0. The third kappa shape index (κ3) is 3.78. The summed E-state index contributed by atoms with van der Waals surface area (Å²) in [5.74, 6) is 0.137. The second kappa shape index (κ2) is 6.70. The fourth-order valence-corrected chi connectivity index (χ4v) is 4.40. The van der Waals surface area contributed by atoms with Gasteiger partial charge in [-0.2, -0.15) is 0 Å². The molecule has 1 heterocycles. The van der Waals surface area contributed by atoms with E-state index < -0.39 is 10.0 Å². The molecule has 1 unspecified atom stereocenters. The van der Waals surface area contributed by atoms with Gasteiger partial charge in [0.15, 0.2) is 0 Å². The second-order valence-corrected chi connectivity index (χ2v) is 9.26. The summed E-state index contributed by atoms with van der Waals surface area (Å²) in [4.78, 5) is 17.2. The Balaban J connectivity index is 1.34. The van der Waals surface area contributed by atoms with E-state index in [0.29, 0.717) is 5.69 Å². The lowest BCUT2D eigenvalue weighted by molar-refractivity contribution is -0.129. The molecule has 1 aromatic rings. The van der Waals surface area contributed by atoms with Crippen LogP contribution in [0.15, 0.2) is 35.9 Å². The number of anilines is 1. The summed E-state index contributed by atoms with van der Waals surface area (Å²) in [6.07, 6.45) is 7.05. The largest absolute Gasteiger partial charge is 0.336 e. The Hall–Kier alpha value is -1.86. The van der Waals surface area contributed by atoms with Crippen molar-refractivity contribution in [2.24, 2.45) is 0 Å². The van der Waals surface area contributed by atoms with Gasteiger partial charge in [-0.25, -0.2) is 8.42 Å². The summed E-state index contributed by atoms with van der Waals surface area (Å²) in [7, 11) is -3.30. The van der Waals surface area contributed by atoms with Crippen LogP contribution < -0.4 is 4.72 Å². The van der Waals surface area contributed by atoms with Crippen LogP contribution in [0.4, 0.5) is 5.69 Å². The molecule has 0 bridgehead atoms. The number of carbonyl (C=O) groups excluding carboxylic acids is 1. The van der Waals surface area contributed by atoms with Gasteiger partial charge >= 0.3 is 0 Å². The highest BCUT2D eigenvalue weighted by Crippen LogP contribution is 2.41. The number of nitrogens with zero attached hydrogens (tertiary/aromatic N) is 2. The lowest BCUT2D eigenvalue weighted by atomic mass is 9.91. The van der Waals surface area contributed by atoms with Crippen LogP contribution in [0.2, 0.25) is 0 Å². The maximum atomic E-state index is 12.7. The molecule has 140 valence electrons. The zero-order valence-electron chi connectivity index (χ0n) is 15.0. The minimum absolute atomic E-state index is 0.00784. The minimum Gasteiger partial charge on any atom is -0.336 e. The smallest absolute Gasteiger partial charge is 0.250 e. The first-order valence-electron chi connectivity index (χ1n) is 9.23. The molecule has 1 saturated carbocycles. The fourth-order valence-electron chi connectivity index (χ4n) is 3.85. The van der Waals surface area contributed by atoms with Crippen LogP contribution in [-0.2, 0) is 14.8 Å². The Kier molecular flexibility index (Phi) is 4.52. The Bertz CT molecular complexity index is 837. The number of piperazine rings is 1. The highest BCUT2D eigenvalue weighted by Gasteiger charge is 2.37. The van der Waals surface area contributed by atoms with Gasteiger partial charge in [-0.3, -0.25) is 14.4 Å². The lowest BCUT2D eigenvalue weighted by Gasteiger charge is -2.42. The van der Waals surface area contributed by atoms with Crippen molar-refractivity contribution in [2.75, 3.05) is 37.2 Å². The van der Waals surface area contributed by atoms with Crippen molar-refractivity contribution in [3.05, 3.63) is 41.5 Å². The number of hydrogen-bond acceptors (Lipinski definition) is 4. The quantitative estimate of drug-likeness (QED) is 0.852. The van der Waals surface area contributed by atoms with E-state index in [1.807, 2.05) is 23.1 Å². The number of carbonyl (C=O) groups is 1. The zero-order valence-corrected chi connectivity index (χ0v) is 15.8. The maximum Gasteiger partial charge on any atom is 0.250 e. The lowest BCUT2D eigenvalue weighted by Crippen LogP contribution is -2.53. The van der Waals surface area contributed by atoms with Gasteiger partial charge in [0.2, 0.25) is 10.0 Å². The molecule has 1 aliphatic heterocycles. The van der Waals surface area contributed by atoms with E-state index in [9.17, 15) is 13.2 Å². The van der Waals surface area contributed by atoms with Crippen LogP contribution >= 0.6 is 0 Å². The van der Waals surface area contributed by atoms with Crippen LogP contribution in [-0.4, -0.2) is 62.6 Å². The topological polar surface area (TPSA) is 69.7 Å². The van der Waals surface area contributed by atoms with Crippen molar-refractivity contribution in [3.63, 3.8) is 0 Å². The van der Waals surface area contributed by atoms with Gasteiger partial charge < -0.3 is 4.90 Å². The Labute approximate surface area is 154 Å². The summed E-state index contributed by atoms with van der Waals surface area (Å²) >= 11 is 0. The summed E-state index contributed by atoms with van der Waals surface area (Å²) in [6, 6.07) is 8.01. The number of hydrogen-bond donors (Lipinski definition) is 1. The number of allylic oxidation sites excluding steroid dienone is 1. The van der Waals surface area contributed by atoms with E-state index in [-0.39, 0.29) is 11.8 Å². The minimum atomic E-state index is -3.30. The predicted octanol–water partition coefficient (Wildman–Crippen LogP) is 1.78. The second-order valence-electron chi connectivity index (χ2n) is 7.51. The highest BCUT2D eigenvalue weighted by molar-refractivity contribution is 7.92. The number of amides is 1. The molecule has 3 aliphatic rings. The van der Waals surface area contributed by atoms with E-state index in [1.165, 1.54) is 19.3 Å². The Morgan fingerprint density at radius 1 is 1.15 bits per heavy atom. The molecule has 1 N–H and O–H groups in total. The van der Waals surface area contributed by atoms with E-state index >= 15 is 0 Å². The van der Waals surface area contributed by atoms with Crippen LogP contribution in [0.25, 0.3) is 0 Å². The van der Waals surface area contributed by atoms with Gasteiger partial charge in [-0.15, -0.1) is 0 Å². The van der Waals surface area contributed by atoms with Crippen molar-refractivity contribution < 1.29 is 13.2 Å². The maximum absolute atomic E-state index is 12.7. The van der Waals surface area contributed by atoms with Crippen molar-refractivity contribution in [3.8, 4) is 0 Å². The highest BCUT2D eigenvalue weighted by atomic mass is 32.2. The summed E-state index contributed by atoms with van der Waals surface area (Å²) in [5.41, 5.74) is 2.32. The van der Waals surface area contributed by atoms with Gasteiger partial charge in [0, 0.05) is 49.4 Å². The standard InChI is InChI=1S/C19H25N3O3S/c1-26(24,25)20-15-5-2-4-14(12-15)17-13-18(17)19(23)22-10-8-21(9-11-22)16-6-3-7-16/h2,4-5,12-13,16-17,20H,3,6-11H2,1H3. The number of nitrogens with one attached hydrogen (secondary N) is 1. The average molecular weight is 375 g/mol. The number of benzene rings is 1. The van der Waals surface area contributed by atoms with E-state index in [2.05, 4.69) is 9.62 Å². The van der Waals surface area contributed by atoms with Crippen molar-refractivity contribution in [1.29, 1.82) is 0 Å². The molecule has 0 aromatic heterocycles. The molecule has 2 fully saturated rings. The van der Waals surface area contributed by atoms with E-state index in [0.717, 1.165) is 49.6 Å². The van der Waals surface area contributed by atoms with Crippen molar-refractivity contribution >= 4 is 21.6 Å². The predicted molar refractivity (Wildman–Crippen MR) is 102 cm³/mol. The first-order valence-corrected chi connectivity index (χ1v) is 11.1. The Morgan fingerprint density at radius 2 is 1.88 bits per heavy atom. The molecule has 1 saturated heterocycles. The van der Waals surface area contributed by atoms with Gasteiger partial charge in [0.25, 0.3) is 5.91 Å². The van der Waals surface area contributed by atoms with Crippen LogP contribution in [0.3, 0.4) is 0 Å². The van der Waals surface area contributed by atoms with Gasteiger partial charge in [0.05, 0.1) is 6.26 Å². The van der Waals surface area contributed by atoms with Gasteiger partial charge in [-0.05, 0) is 30.5 Å². The Morgan fingerprint density at radius 3 is 2.50 bits per heavy atom. The molecule has 4 rings (SSSR count). The monoisotopic (exact) mass is 375 g/mol. The third-order valence-electron chi connectivity index (χ3n) is 5.56. The molecule has 1 atom stereocenters.